The quantitative estimate of drug-likeness (QED) is 0.640. The van der Waals surface area contributed by atoms with Crippen LogP contribution in [-0.2, 0) is 9.59 Å². The maximum atomic E-state index is 12.9. The van der Waals surface area contributed by atoms with Crippen LogP contribution in [0.25, 0.3) is 0 Å². The molecule has 0 unspecified atom stereocenters. The summed E-state index contributed by atoms with van der Waals surface area (Å²) in [6.45, 7) is 2.94. The molecule has 2 aromatic rings. The van der Waals surface area contributed by atoms with E-state index in [9.17, 15) is 14.4 Å². The van der Waals surface area contributed by atoms with Crippen LogP contribution in [0.2, 0.25) is 0 Å². The molecule has 30 heavy (non-hydrogen) atoms. The molecule has 2 aromatic carbocycles. The summed E-state index contributed by atoms with van der Waals surface area (Å²) in [5, 5.41) is 0. The highest BCUT2D eigenvalue weighted by atomic mass is 79.9. The number of ketones is 1. The first-order chi connectivity index (χ1) is 14.4. The Bertz CT molecular complexity index is 981. The molecular formula is C23H23BrN2O4. The van der Waals surface area contributed by atoms with Crippen molar-refractivity contribution in [2.24, 2.45) is 5.92 Å². The van der Waals surface area contributed by atoms with E-state index in [0.717, 1.165) is 15.6 Å². The monoisotopic (exact) mass is 470 g/mol. The minimum absolute atomic E-state index is 0.0204. The Morgan fingerprint density at radius 2 is 1.80 bits per heavy atom. The average Bonchev–Trinajstić information content (AvgIpc) is 2.76. The van der Waals surface area contributed by atoms with Gasteiger partial charge in [0.05, 0.1) is 5.69 Å². The number of halogens is 1. The minimum atomic E-state index is -0.234. The Kier molecular flexibility index (Phi) is 5.90. The fourth-order valence-corrected chi connectivity index (χ4v) is 4.27. The van der Waals surface area contributed by atoms with Crippen LogP contribution in [0.3, 0.4) is 0 Å². The van der Waals surface area contributed by atoms with Gasteiger partial charge in [-0.25, -0.2) is 0 Å². The van der Waals surface area contributed by atoms with Gasteiger partial charge in [-0.15, -0.1) is 0 Å². The number of rotatable bonds is 4. The molecule has 1 saturated heterocycles. The zero-order valence-electron chi connectivity index (χ0n) is 16.8. The fourth-order valence-electron chi connectivity index (χ4n) is 3.93. The molecule has 2 aliphatic rings. The van der Waals surface area contributed by atoms with Crippen molar-refractivity contribution in [2.45, 2.75) is 19.8 Å². The van der Waals surface area contributed by atoms with E-state index in [1.165, 1.54) is 4.90 Å². The lowest BCUT2D eigenvalue weighted by Crippen LogP contribution is -2.48. The van der Waals surface area contributed by atoms with Gasteiger partial charge in [-0.05, 0) is 38.0 Å². The predicted octanol–water partition coefficient (Wildman–Crippen LogP) is 3.60. The Balaban J connectivity index is 1.37. The van der Waals surface area contributed by atoms with E-state index in [1.807, 2.05) is 37.3 Å². The Morgan fingerprint density at radius 3 is 2.50 bits per heavy atom. The zero-order valence-corrected chi connectivity index (χ0v) is 18.4. The molecule has 2 aliphatic heterocycles. The first-order valence-corrected chi connectivity index (χ1v) is 10.8. The van der Waals surface area contributed by atoms with Crippen LogP contribution in [-0.4, -0.2) is 48.7 Å². The molecule has 4 rings (SSSR count). The summed E-state index contributed by atoms with van der Waals surface area (Å²) in [4.78, 5) is 41.2. The predicted molar refractivity (Wildman–Crippen MR) is 117 cm³/mol. The Morgan fingerprint density at radius 1 is 1.10 bits per heavy atom. The van der Waals surface area contributed by atoms with Gasteiger partial charge in [0.2, 0.25) is 5.91 Å². The van der Waals surface area contributed by atoms with Gasteiger partial charge in [-0.3, -0.25) is 19.3 Å². The van der Waals surface area contributed by atoms with E-state index < -0.39 is 0 Å². The number of amides is 2. The summed E-state index contributed by atoms with van der Waals surface area (Å²) in [5.74, 6) is 0.312. The molecule has 0 bridgehead atoms. The molecule has 1 fully saturated rings. The summed E-state index contributed by atoms with van der Waals surface area (Å²) in [6.07, 6.45) is 1.28. The van der Waals surface area contributed by atoms with E-state index in [0.29, 0.717) is 37.4 Å². The van der Waals surface area contributed by atoms with Gasteiger partial charge in [0.1, 0.15) is 12.3 Å². The first-order valence-electron chi connectivity index (χ1n) is 10.0. The maximum Gasteiger partial charge on any atom is 0.265 e. The summed E-state index contributed by atoms with van der Waals surface area (Å²) < 4.78 is 6.33. The third kappa shape index (κ3) is 4.26. The number of likely N-dealkylation sites (tertiary alicyclic amines) is 1. The molecule has 0 spiro atoms. The molecule has 0 aromatic heterocycles. The molecule has 0 aliphatic carbocycles. The summed E-state index contributed by atoms with van der Waals surface area (Å²) in [5.41, 5.74) is 2.46. The molecule has 156 valence electrons. The number of nitrogens with zero attached hydrogens (tertiary/aromatic N) is 2. The van der Waals surface area contributed by atoms with Crippen LogP contribution in [0, 0.1) is 12.8 Å². The number of anilines is 1. The number of piperidine rings is 1. The SMILES string of the molecule is Cc1ccc(C(=O)C2CCN(C(=O)CN3C(=O)COc4cc(Br)ccc43)CC2)cc1. The van der Waals surface area contributed by atoms with Crippen molar-refractivity contribution in [3.63, 3.8) is 0 Å². The molecule has 2 amide bonds. The highest BCUT2D eigenvalue weighted by molar-refractivity contribution is 9.10. The summed E-state index contributed by atoms with van der Waals surface area (Å²) in [7, 11) is 0. The second-order valence-corrected chi connectivity index (χ2v) is 8.68. The van der Waals surface area contributed by atoms with Crippen LogP contribution in [0.4, 0.5) is 5.69 Å². The summed E-state index contributed by atoms with van der Waals surface area (Å²) in [6, 6.07) is 13.0. The van der Waals surface area contributed by atoms with Gasteiger partial charge in [0, 0.05) is 29.0 Å². The van der Waals surface area contributed by atoms with Crippen molar-refractivity contribution < 1.29 is 19.1 Å². The van der Waals surface area contributed by atoms with Crippen molar-refractivity contribution in [1.82, 2.24) is 4.90 Å². The van der Waals surface area contributed by atoms with Crippen LogP contribution in [0.1, 0.15) is 28.8 Å². The van der Waals surface area contributed by atoms with Gasteiger partial charge in [-0.1, -0.05) is 45.8 Å². The lowest BCUT2D eigenvalue weighted by Gasteiger charge is -2.34. The number of Topliss-reactive ketones (excluding diaryl/α,β-unsaturated/α-hetero) is 1. The topological polar surface area (TPSA) is 66.9 Å². The number of fused-ring (bicyclic) bond motifs is 1. The molecule has 2 heterocycles. The normalized spacial score (nSPS) is 16.8. The van der Waals surface area contributed by atoms with Crippen molar-refractivity contribution in [1.29, 1.82) is 0 Å². The molecule has 6 nitrogen and oxygen atoms in total. The molecule has 0 radical (unpaired) electrons. The van der Waals surface area contributed by atoms with Gasteiger partial charge in [-0.2, -0.15) is 0 Å². The van der Waals surface area contributed by atoms with Crippen molar-refractivity contribution in [3.8, 4) is 5.75 Å². The lowest BCUT2D eigenvalue weighted by atomic mass is 9.88. The zero-order chi connectivity index (χ0) is 21.3. The number of aryl methyl sites for hydroxylation is 1. The van der Waals surface area contributed by atoms with Crippen molar-refractivity contribution in [3.05, 3.63) is 58.1 Å². The molecule has 0 atom stereocenters. The molecule has 0 N–H and O–H groups in total. The van der Waals surface area contributed by atoms with E-state index in [1.54, 1.807) is 17.0 Å². The minimum Gasteiger partial charge on any atom is -0.482 e. The third-order valence-electron chi connectivity index (χ3n) is 5.71. The second kappa shape index (κ2) is 8.60. The smallest absolute Gasteiger partial charge is 0.265 e. The Hall–Kier alpha value is -2.67. The Labute approximate surface area is 183 Å². The van der Waals surface area contributed by atoms with Crippen LogP contribution < -0.4 is 9.64 Å². The number of hydrogen-bond acceptors (Lipinski definition) is 4. The van der Waals surface area contributed by atoms with Crippen molar-refractivity contribution >= 4 is 39.2 Å². The van der Waals surface area contributed by atoms with Gasteiger partial charge in [0.15, 0.2) is 12.4 Å². The summed E-state index contributed by atoms with van der Waals surface area (Å²) >= 11 is 3.39. The van der Waals surface area contributed by atoms with Gasteiger partial charge < -0.3 is 9.64 Å². The average molecular weight is 471 g/mol. The van der Waals surface area contributed by atoms with Gasteiger partial charge >= 0.3 is 0 Å². The highest BCUT2D eigenvalue weighted by Gasteiger charge is 2.32. The highest BCUT2D eigenvalue weighted by Crippen LogP contribution is 2.34. The van der Waals surface area contributed by atoms with Crippen LogP contribution in [0.5, 0.6) is 5.75 Å². The molecular weight excluding hydrogens is 448 g/mol. The largest absolute Gasteiger partial charge is 0.482 e. The van der Waals surface area contributed by atoms with E-state index >= 15 is 0 Å². The number of carbonyl (C=O) groups is 3. The lowest BCUT2D eigenvalue weighted by molar-refractivity contribution is -0.133. The van der Waals surface area contributed by atoms with E-state index in [4.69, 9.17) is 4.74 Å². The second-order valence-electron chi connectivity index (χ2n) is 7.77. The third-order valence-corrected chi connectivity index (χ3v) is 6.21. The number of ether oxygens (including phenoxy) is 1. The number of carbonyl (C=O) groups excluding carboxylic acids is 3. The number of benzene rings is 2. The molecule has 7 heteroatoms. The first kappa shape index (κ1) is 20.6. The van der Waals surface area contributed by atoms with Gasteiger partial charge in [0.25, 0.3) is 5.91 Å². The van der Waals surface area contributed by atoms with E-state index in [2.05, 4.69) is 15.9 Å². The molecule has 0 saturated carbocycles. The fraction of sp³-hybridized carbons (Fsp3) is 0.348. The maximum absolute atomic E-state index is 12.9. The standard InChI is InChI=1S/C23H23BrN2O4/c1-15-2-4-16(5-3-15)23(29)17-8-10-25(11-9-17)21(27)13-26-19-7-6-18(24)12-20(19)30-14-22(26)28/h2-7,12,17H,8-11,13-14H2,1H3. The van der Waals surface area contributed by atoms with Crippen molar-refractivity contribution in [2.75, 3.05) is 31.1 Å². The van der Waals surface area contributed by atoms with Crippen LogP contribution >= 0.6 is 15.9 Å². The van der Waals surface area contributed by atoms with E-state index in [-0.39, 0.29) is 36.7 Å². The number of hydrogen-bond donors (Lipinski definition) is 0. The van der Waals surface area contributed by atoms with Crippen LogP contribution in [0.15, 0.2) is 46.9 Å².